The van der Waals surface area contributed by atoms with E-state index in [1.165, 1.54) is 12.1 Å². The van der Waals surface area contributed by atoms with Crippen molar-refractivity contribution in [3.8, 4) is 0 Å². The zero-order chi connectivity index (χ0) is 20.9. The molecule has 0 radical (unpaired) electrons. The average molecular weight is 406 g/mol. The smallest absolute Gasteiger partial charge is 0.416 e. The summed E-state index contributed by atoms with van der Waals surface area (Å²) in [7, 11) is 0. The highest BCUT2D eigenvalue weighted by atomic mass is 19.4. The van der Waals surface area contributed by atoms with Crippen LogP contribution in [-0.4, -0.2) is 60.1 Å². The van der Waals surface area contributed by atoms with Crippen molar-refractivity contribution in [3.63, 3.8) is 0 Å². The summed E-state index contributed by atoms with van der Waals surface area (Å²) in [5, 5.41) is 8.94. The molecule has 7 heteroatoms. The number of hydrogen-bond acceptors (Lipinski definition) is 3. The van der Waals surface area contributed by atoms with E-state index in [1.807, 2.05) is 12.1 Å². The zero-order valence-electron chi connectivity index (χ0n) is 16.2. The molecule has 0 unspecified atom stereocenters. The molecule has 1 aliphatic rings. The van der Waals surface area contributed by atoms with Crippen LogP contribution in [0.5, 0.6) is 0 Å². The highest BCUT2D eigenvalue weighted by molar-refractivity contribution is 5.87. The predicted octanol–water partition coefficient (Wildman–Crippen LogP) is 3.81. The van der Waals surface area contributed by atoms with Crippen molar-refractivity contribution in [2.75, 3.05) is 39.3 Å². The van der Waals surface area contributed by atoms with Gasteiger partial charge in [-0.25, -0.2) is 4.79 Å². The number of alkyl halides is 3. The first-order valence-corrected chi connectivity index (χ1v) is 9.74. The Morgan fingerprint density at radius 1 is 0.862 bits per heavy atom. The molecule has 0 spiro atoms. The number of benzene rings is 2. The number of nitrogens with zero attached hydrogens (tertiary/aromatic N) is 2. The van der Waals surface area contributed by atoms with Gasteiger partial charge in [-0.05, 0) is 42.2 Å². The first-order chi connectivity index (χ1) is 13.8. The Kier molecular flexibility index (Phi) is 6.92. The van der Waals surface area contributed by atoms with Gasteiger partial charge >= 0.3 is 12.1 Å². The van der Waals surface area contributed by atoms with E-state index < -0.39 is 17.7 Å². The summed E-state index contributed by atoms with van der Waals surface area (Å²) in [6.07, 6.45) is -2.82. The molecule has 1 heterocycles. The van der Waals surface area contributed by atoms with Gasteiger partial charge in [-0.1, -0.05) is 30.3 Å². The van der Waals surface area contributed by atoms with Gasteiger partial charge in [-0.2, -0.15) is 13.2 Å². The molecule has 0 aromatic heterocycles. The van der Waals surface area contributed by atoms with Crippen molar-refractivity contribution < 1.29 is 23.1 Å². The fourth-order valence-electron chi connectivity index (χ4n) is 3.53. The Bertz CT molecular complexity index is 814. The Morgan fingerprint density at radius 3 is 1.93 bits per heavy atom. The second kappa shape index (κ2) is 9.41. The summed E-state index contributed by atoms with van der Waals surface area (Å²) >= 11 is 0. The largest absolute Gasteiger partial charge is 0.478 e. The van der Waals surface area contributed by atoms with Crippen molar-refractivity contribution in [1.29, 1.82) is 0 Å². The Balaban J connectivity index is 1.40. The van der Waals surface area contributed by atoms with E-state index >= 15 is 0 Å². The number of carbonyl (C=O) groups is 1. The number of carboxylic acid groups (broad SMARTS) is 1. The lowest BCUT2D eigenvalue weighted by Gasteiger charge is -2.34. The van der Waals surface area contributed by atoms with Gasteiger partial charge in [-0.3, -0.25) is 0 Å². The summed E-state index contributed by atoms with van der Waals surface area (Å²) in [5.41, 5.74) is 1.54. The molecule has 4 nitrogen and oxygen atoms in total. The van der Waals surface area contributed by atoms with Crippen LogP contribution in [0.25, 0.3) is 0 Å². The molecule has 29 heavy (non-hydrogen) atoms. The topological polar surface area (TPSA) is 43.8 Å². The third-order valence-corrected chi connectivity index (χ3v) is 5.35. The van der Waals surface area contributed by atoms with E-state index in [0.29, 0.717) is 17.5 Å². The highest BCUT2D eigenvalue weighted by Crippen LogP contribution is 2.29. The van der Waals surface area contributed by atoms with E-state index in [4.69, 9.17) is 5.11 Å². The van der Waals surface area contributed by atoms with Crippen molar-refractivity contribution in [2.24, 2.45) is 0 Å². The number of piperazine rings is 1. The summed E-state index contributed by atoms with van der Waals surface area (Å²) in [4.78, 5) is 15.5. The fourth-order valence-corrected chi connectivity index (χ4v) is 3.53. The van der Waals surface area contributed by atoms with E-state index in [0.717, 1.165) is 57.3 Å². The molecule has 0 amide bonds. The fraction of sp³-hybridized carbons (Fsp3) is 0.409. The molecule has 0 bridgehead atoms. The maximum atomic E-state index is 12.8. The first-order valence-electron chi connectivity index (χ1n) is 9.74. The molecule has 0 aliphatic carbocycles. The van der Waals surface area contributed by atoms with Crippen LogP contribution in [0.15, 0.2) is 48.5 Å². The molecule has 1 fully saturated rings. The van der Waals surface area contributed by atoms with Crippen LogP contribution in [0.1, 0.15) is 27.0 Å². The lowest BCUT2D eigenvalue weighted by molar-refractivity contribution is -0.137. The number of rotatable bonds is 7. The van der Waals surface area contributed by atoms with Gasteiger partial charge in [-0.15, -0.1) is 0 Å². The van der Waals surface area contributed by atoms with E-state index in [1.54, 1.807) is 18.2 Å². The molecule has 0 atom stereocenters. The summed E-state index contributed by atoms with van der Waals surface area (Å²) in [6.45, 7) is 5.32. The van der Waals surface area contributed by atoms with Gasteiger partial charge in [0.25, 0.3) is 0 Å². The van der Waals surface area contributed by atoms with E-state index in [9.17, 15) is 18.0 Å². The average Bonchev–Trinajstić information content (AvgIpc) is 2.71. The van der Waals surface area contributed by atoms with Gasteiger partial charge in [0, 0.05) is 39.3 Å². The van der Waals surface area contributed by atoms with Crippen molar-refractivity contribution in [2.45, 2.75) is 19.0 Å². The monoisotopic (exact) mass is 406 g/mol. The Hall–Kier alpha value is -2.38. The Morgan fingerprint density at radius 2 is 1.41 bits per heavy atom. The van der Waals surface area contributed by atoms with Crippen LogP contribution < -0.4 is 0 Å². The minimum atomic E-state index is -4.30. The minimum absolute atomic E-state index is 0.295. The van der Waals surface area contributed by atoms with Gasteiger partial charge in [0.2, 0.25) is 0 Å². The van der Waals surface area contributed by atoms with Gasteiger partial charge in [0.1, 0.15) is 0 Å². The van der Waals surface area contributed by atoms with Crippen molar-refractivity contribution in [1.82, 2.24) is 9.80 Å². The molecule has 1 saturated heterocycles. The second-order valence-corrected chi connectivity index (χ2v) is 7.38. The molecular formula is C22H25F3N2O2. The molecule has 2 aromatic rings. The van der Waals surface area contributed by atoms with Crippen LogP contribution in [-0.2, 0) is 19.0 Å². The maximum absolute atomic E-state index is 12.8. The summed E-state index contributed by atoms with van der Waals surface area (Å²) in [5.74, 6) is -0.919. The Labute approximate surface area is 168 Å². The van der Waals surface area contributed by atoms with Crippen LogP contribution >= 0.6 is 0 Å². The zero-order valence-corrected chi connectivity index (χ0v) is 16.2. The molecular weight excluding hydrogens is 381 g/mol. The first kappa shape index (κ1) is 21.3. The molecule has 2 aromatic carbocycles. The van der Waals surface area contributed by atoms with Gasteiger partial charge in [0.05, 0.1) is 11.1 Å². The second-order valence-electron chi connectivity index (χ2n) is 7.38. The SMILES string of the molecule is O=C(O)c1ccc(CCN2CCN(CCc3cccc(C(F)(F)F)c3)CC2)cc1. The summed E-state index contributed by atoms with van der Waals surface area (Å²) in [6, 6.07) is 12.5. The van der Waals surface area contributed by atoms with Crippen molar-refractivity contribution >= 4 is 5.97 Å². The molecule has 3 rings (SSSR count). The van der Waals surface area contributed by atoms with Gasteiger partial charge < -0.3 is 14.9 Å². The number of hydrogen-bond donors (Lipinski definition) is 1. The van der Waals surface area contributed by atoms with Crippen molar-refractivity contribution in [3.05, 3.63) is 70.8 Å². The third-order valence-electron chi connectivity index (χ3n) is 5.35. The third kappa shape index (κ3) is 6.30. The molecule has 0 saturated carbocycles. The van der Waals surface area contributed by atoms with Crippen LogP contribution in [0.3, 0.4) is 0 Å². The van der Waals surface area contributed by atoms with E-state index in [2.05, 4.69) is 9.80 Å². The molecule has 1 N–H and O–H groups in total. The summed E-state index contributed by atoms with van der Waals surface area (Å²) < 4.78 is 38.4. The maximum Gasteiger partial charge on any atom is 0.416 e. The van der Waals surface area contributed by atoms with E-state index in [-0.39, 0.29) is 0 Å². The molecule has 156 valence electrons. The standard InChI is InChI=1S/C22H25F3N2O2/c23-22(24,25)20-3-1-2-18(16-20)9-11-27-14-12-26(13-15-27)10-8-17-4-6-19(7-5-17)21(28)29/h1-7,16H,8-15H2,(H,28,29). The van der Waals surface area contributed by atoms with Crippen LogP contribution in [0, 0.1) is 0 Å². The quantitative estimate of drug-likeness (QED) is 0.760. The van der Waals surface area contributed by atoms with Crippen LogP contribution in [0.2, 0.25) is 0 Å². The number of halogens is 3. The van der Waals surface area contributed by atoms with Crippen LogP contribution in [0.4, 0.5) is 13.2 Å². The minimum Gasteiger partial charge on any atom is -0.478 e. The lowest BCUT2D eigenvalue weighted by atomic mass is 10.1. The predicted molar refractivity (Wildman–Crippen MR) is 105 cm³/mol. The number of aromatic carboxylic acids is 1. The normalized spacial score (nSPS) is 16.1. The highest BCUT2D eigenvalue weighted by Gasteiger charge is 2.30. The molecule has 1 aliphatic heterocycles. The van der Waals surface area contributed by atoms with Gasteiger partial charge in [0.15, 0.2) is 0 Å². The lowest BCUT2D eigenvalue weighted by Crippen LogP contribution is -2.47. The number of carboxylic acids is 1.